The van der Waals surface area contributed by atoms with Crippen LogP contribution in [0.4, 0.5) is 0 Å². The molecule has 2 rings (SSSR count). The van der Waals surface area contributed by atoms with E-state index in [1.807, 2.05) is 19.4 Å². The number of nitrogens with one attached hydrogen (secondary N) is 1. The molecule has 20 heavy (non-hydrogen) atoms. The Balaban J connectivity index is 0.00000200. The van der Waals surface area contributed by atoms with E-state index in [0.29, 0.717) is 24.0 Å². The molecule has 1 aliphatic rings. The van der Waals surface area contributed by atoms with E-state index in [2.05, 4.69) is 5.32 Å². The van der Waals surface area contributed by atoms with E-state index in [1.54, 1.807) is 34.3 Å². The van der Waals surface area contributed by atoms with Gasteiger partial charge in [0.1, 0.15) is 0 Å². The SMILES string of the molecule is CNC1CCN(S(=O)(=O)c2cccc(SC)c2)CC1.Cl. The fraction of sp³-hybridized carbons (Fsp3) is 0.538. The zero-order valence-electron chi connectivity index (χ0n) is 11.7. The Hall–Kier alpha value is -0.270. The molecule has 0 bridgehead atoms. The topological polar surface area (TPSA) is 49.4 Å². The third kappa shape index (κ3) is 3.89. The molecular weight excluding hydrogens is 316 g/mol. The van der Waals surface area contributed by atoms with Gasteiger partial charge >= 0.3 is 0 Å². The monoisotopic (exact) mass is 336 g/mol. The number of rotatable bonds is 4. The van der Waals surface area contributed by atoms with Crippen LogP contribution in [-0.2, 0) is 10.0 Å². The van der Waals surface area contributed by atoms with Gasteiger partial charge in [-0.05, 0) is 44.3 Å². The van der Waals surface area contributed by atoms with Gasteiger partial charge in [0.05, 0.1) is 4.90 Å². The largest absolute Gasteiger partial charge is 0.317 e. The van der Waals surface area contributed by atoms with Crippen LogP contribution in [0.3, 0.4) is 0 Å². The summed E-state index contributed by atoms with van der Waals surface area (Å²) in [5.41, 5.74) is 0. The molecule has 0 atom stereocenters. The number of hydrogen-bond acceptors (Lipinski definition) is 4. The molecule has 0 saturated carbocycles. The van der Waals surface area contributed by atoms with E-state index in [-0.39, 0.29) is 12.4 Å². The average Bonchev–Trinajstić information content (AvgIpc) is 2.47. The summed E-state index contributed by atoms with van der Waals surface area (Å²) in [6, 6.07) is 7.60. The van der Waals surface area contributed by atoms with Crippen LogP contribution < -0.4 is 5.32 Å². The standard InChI is InChI=1S/C13H20N2O2S2.ClH/c1-14-11-6-8-15(9-7-11)19(16,17)13-5-3-4-12(10-13)18-2;/h3-5,10-11,14H,6-9H2,1-2H3;1H. The predicted octanol–water partition coefficient (Wildman–Crippen LogP) is 2.20. The van der Waals surface area contributed by atoms with E-state index in [4.69, 9.17) is 0 Å². The Morgan fingerprint density at radius 1 is 1.30 bits per heavy atom. The van der Waals surface area contributed by atoms with Crippen molar-refractivity contribution in [2.24, 2.45) is 0 Å². The van der Waals surface area contributed by atoms with Crippen LogP contribution >= 0.6 is 24.2 Å². The number of benzene rings is 1. The highest BCUT2D eigenvalue weighted by Crippen LogP contribution is 2.24. The van der Waals surface area contributed by atoms with Crippen LogP contribution in [0, 0.1) is 0 Å². The summed E-state index contributed by atoms with van der Waals surface area (Å²) in [4.78, 5) is 1.38. The number of halogens is 1. The van der Waals surface area contributed by atoms with Crippen molar-refractivity contribution in [2.45, 2.75) is 28.7 Å². The molecular formula is C13H21ClN2O2S2. The maximum atomic E-state index is 12.5. The molecule has 1 heterocycles. The molecule has 1 aromatic rings. The van der Waals surface area contributed by atoms with Crippen molar-refractivity contribution in [3.05, 3.63) is 24.3 Å². The molecule has 4 nitrogen and oxygen atoms in total. The summed E-state index contributed by atoms with van der Waals surface area (Å²) in [6.45, 7) is 1.19. The van der Waals surface area contributed by atoms with Crippen molar-refractivity contribution < 1.29 is 8.42 Å². The minimum Gasteiger partial charge on any atom is -0.317 e. The highest BCUT2D eigenvalue weighted by atomic mass is 35.5. The lowest BCUT2D eigenvalue weighted by molar-refractivity contribution is 0.298. The molecule has 0 unspecified atom stereocenters. The zero-order valence-corrected chi connectivity index (χ0v) is 14.2. The second-order valence-electron chi connectivity index (χ2n) is 4.65. The highest BCUT2D eigenvalue weighted by molar-refractivity contribution is 7.98. The van der Waals surface area contributed by atoms with Crippen LogP contribution in [0.2, 0.25) is 0 Å². The van der Waals surface area contributed by atoms with Crippen molar-refractivity contribution in [3.8, 4) is 0 Å². The summed E-state index contributed by atoms with van der Waals surface area (Å²) in [5.74, 6) is 0. The summed E-state index contributed by atoms with van der Waals surface area (Å²) in [7, 11) is -1.41. The molecule has 1 aliphatic heterocycles. The lowest BCUT2D eigenvalue weighted by Gasteiger charge is -2.31. The molecule has 1 N–H and O–H groups in total. The smallest absolute Gasteiger partial charge is 0.243 e. The van der Waals surface area contributed by atoms with Gasteiger partial charge in [-0.15, -0.1) is 24.2 Å². The number of hydrogen-bond donors (Lipinski definition) is 1. The maximum absolute atomic E-state index is 12.5. The molecule has 0 radical (unpaired) electrons. The van der Waals surface area contributed by atoms with E-state index in [1.165, 1.54) is 0 Å². The van der Waals surface area contributed by atoms with Gasteiger partial charge in [0, 0.05) is 24.0 Å². The first-order valence-electron chi connectivity index (χ1n) is 6.39. The van der Waals surface area contributed by atoms with E-state index in [9.17, 15) is 8.42 Å². The van der Waals surface area contributed by atoms with Crippen molar-refractivity contribution in [2.75, 3.05) is 26.4 Å². The first-order valence-corrected chi connectivity index (χ1v) is 9.06. The number of piperidine rings is 1. The fourth-order valence-electron chi connectivity index (χ4n) is 2.30. The Kier molecular flexibility index (Phi) is 6.81. The fourth-order valence-corrected chi connectivity index (χ4v) is 4.35. The van der Waals surface area contributed by atoms with Crippen LogP contribution in [0.1, 0.15) is 12.8 Å². The Morgan fingerprint density at radius 3 is 2.50 bits per heavy atom. The molecule has 1 saturated heterocycles. The molecule has 7 heteroatoms. The molecule has 0 amide bonds. The zero-order chi connectivity index (χ0) is 13.9. The molecule has 0 aromatic heterocycles. The van der Waals surface area contributed by atoms with Gasteiger partial charge in [0.25, 0.3) is 0 Å². The third-order valence-corrected chi connectivity index (χ3v) is 6.16. The molecule has 114 valence electrons. The lowest BCUT2D eigenvalue weighted by atomic mass is 10.1. The Bertz CT molecular complexity index is 529. The van der Waals surface area contributed by atoms with Gasteiger partial charge in [-0.25, -0.2) is 8.42 Å². The first kappa shape index (κ1) is 17.8. The van der Waals surface area contributed by atoms with Crippen molar-refractivity contribution in [1.29, 1.82) is 0 Å². The van der Waals surface area contributed by atoms with Crippen molar-refractivity contribution >= 4 is 34.2 Å². The summed E-state index contributed by atoms with van der Waals surface area (Å²) in [5, 5.41) is 3.21. The summed E-state index contributed by atoms with van der Waals surface area (Å²) in [6.07, 6.45) is 3.69. The molecule has 0 aliphatic carbocycles. The Labute approximate surface area is 131 Å². The van der Waals surface area contributed by atoms with Gasteiger partial charge in [0.2, 0.25) is 10.0 Å². The first-order chi connectivity index (χ1) is 9.07. The minimum absolute atomic E-state index is 0. The van der Waals surface area contributed by atoms with Crippen LogP contribution in [-0.4, -0.2) is 45.2 Å². The van der Waals surface area contributed by atoms with Crippen molar-refractivity contribution in [1.82, 2.24) is 9.62 Å². The quantitative estimate of drug-likeness (QED) is 0.856. The normalized spacial score (nSPS) is 17.7. The highest BCUT2D eigenvalue weighted by Gasteiger charge is 2.28. The third-order valence-electron chi connectivity index (χ3n) is 3.54. The van der Waals surface area contributed by atoms with E-state index in [0.717, 1.165) is 17.7 Å². The molecule has 1 aromatic carbocycles. The van der Waals surface area contributed by atoms with Crippen LogP contribution in [0.15, 0.2) is 34.1 Å². The number of sulfonamides is 1. The van der Waals surface area contributed by atoms with Crippen molar-refractivity contribution in [3.63, 3.8) is 0 Å². The van der Waals surface area contributed by atoms with E-state index < -0.39 is 10.0 Å². The predicted molar refractivity (Wildman–Crippen MR) is 86.3 cm³/mol. The van der Waals surface area contributed by atoms with Gasteiger partial charge in [-0.2, -0.15) is 4.31 Å². The van der Waals surface area contributed by atoms with Crippen LogP contribution in [0.25, 0.3) is 0 Å². The average molecular weight is 337 g/mol. The lowest BCUT2D eigenvalue weighted by Crippen LogP contribution is -2.43. The van der Waals surface area contributed by atoms with Crippen LogP contribution in [0.5, 0.6) is 0 Å². The maximum Gasteiger partial charge on any atom is 0.243 e. The second-order valence-corrected chi connectivity index (χ2v) is 7.46. The minimum atomic E-state index is -3.33. The van der Waals surface area contributed by atoms with Gasteiger partial charge in [-0.3, -0.25) is 0 Å². The number of nitrogens with zero attached hydrogens (tertiary/aromatic N) is 1. The second kappa shape index (κ2) is 7.66. The number of thioether (sulfide) groups is 1. The summed E-state index contributed by atoms with van der Waals surface area (Å²) >= 11 is 1.56. The van der Waals surface area contributed by atoms with Gasteiger partial charge in [-0.1, -0.05) is 6.07 Å². The molecule has 1 fully saturated rings. The van der Waals surface area contributed by atoms with Gasteiger partial charge < -0.3 is 5.32 Å². The Morgan fingerprint density at radius 2 is 1.95 bits per heavy atom. The summed E-state index contributed by atoms with van der Waals surface area (Å²) < 4.78 is 26.7. The molecule has 0 spiro atoms. The van der Waals surface area contributed by atoms with Gasteiger partial charge in [0.15, 0.2) is 0 Å². The van der Waals surface area contributed by atoms with E-state index >= 15 is 0 Å².